The van der Waals surface area contributed by atoms with E-state index in [1.165, 1.54) is 0 Å². The number of nitrogens with zero attached hydrogens (tertiary/aromatic N) is 4. The van der Waals surface area contributed by atoms with Gasteiger partial charge in [0.05, 0.1) is 17.2 Å². The molecule has 1 aliphatic rings. The van der Waals surface area contributed by atoms with E-state index in [-0.39, 0.29) is 12.1 Å². The van der Waals surface area contributed by atoms with Crippen molar-refractivity contribution >= 4 is 22.9 Å². The molecule has 1 saturated heterocycles. The Morgan fingerprint density at radius 1 is 1.03 bits per heavy atom. The van der Waals surface area contributed by atoms with Crippen molar-refractivity contribution in [2.45, 2.75) is 25.5 Å². The third-order valence-electron chi connectivity index (χ3n) is 5.68. The van der Waals surface area contributed by atoms with Gasteiger partial charge < -0.3 is 15.4 Å². The molecule has 7 heteroatoms. The summed E-state index contributed by atoms with van der Waals surface area (Å²) in [4.78, 5) is 25.4. The summed E-state index contributed by atoms with van der Waals surface area (Å²) in [6.45, 7) is 5.75. The van der Waals surface area contributed by atoms with Crippen LogP contribution >= 0.6 is 0 Å². The molecule has 30 heavy (non-hydrogen) atoms. The Morgan fingerprint density at radius 3 is 2.40 bits per heavy atom. The van der Waals surface area contributed by atoms with Gasteiger partial charge in [-0.05, 0) is 24.6 Å². The zero-order valence-corrected chi connectivity index (χ0v) is 17.1. The van der Waals surface area contributed by atoms with Gasteiger partial charge in [0.25, 0.3) is 0 Å². The average molecular weight is 406 g/mol. The molecule has 0 spiro atoms. The van der Waals surface area contributed by atoms with E-state index in [2.05, 4.69) is 21.7 Å². The predicted molar refractivity (Wildman–Crippen MR) is 117 cm³/mol. The van der Waals surface area contributed by atoms with Gasteiger partial charge in [-0.25, -0.2) is 9.78 Å². The Labute approximate surface area is 176 Å². The smallest absolute Gasteiger partial charge is 0.405 e. The van der Waals surface area contributed by atoms with E-state index in [1.807, 2.05) is 60.8 Å². The van der Waals surface area contributed by atoms with Crippen LogP contribution in [0.25, 0.3) is 11.0 Å². The van der Waals surface area contributed by atoms with Crippen molar-refractivity contribution in [3.63, 3.8) is 0 Å². The minimum absolute atomic E-state index is 0.249. The van der Waals surface area contributed by atoms with Crippen molar-refractivity contribution in [1.29, 1.82) is 0 Å². The van der Waals surface area contributed by atoms with Gasteiger partial charge in [-0.2, -0.15) is 0 Å². The topological polar surface area (TPSA) is 84.6 Å². The highest BCUT2D eigenvalue weighted by atomic mass is 16.6. The lowest BCUT2D eigenvalue weighted by Gasteiger charge is -2.39. The molecule has 1 amide bonds. The van der Waals surface area contributed by atoms with Crippen LogP contribution in [0.5, 0.6) is 0 Å². The quantitative estimate of drug-likeness (QED) is 0.677. The normalized spacial score (nSPS) is 16.9. The zero-order chi connectivity index (χ0) is 20.9. The lowest BCUT2D eigenvalue weighted by molar-refractivity contribution is 0.0739. The number of hydrogen-bond donors (Lipinski definition) is 1. The summed E-state index contributed by atoms with van der Waals surface area (Å²) >= 11 is 0. The van der Waals surface area contributed by atoms with Crippen LogP contribution in [0, 0.1) is 0 Å². The van der Waals surface area contributed by atoms with Crippen molar-refractivity contribution in [1.82, 2.24) is 14.9 Å². The maximum Gasteiger partial charge on any atom is 0.405 e. The number of para-hydroxylation sites is 2. The largest absolute Gasteiger partial charge is 0.441 e. The third kappa shape index (κ3) is 4.68. The number of fused-ring (bicyclic) bond motifs is 1. The van der Waals surface area contributed by atoms with Gasteiger partial charge in [0.1, 0.15) is 11.9 Å². The summed E-state index contributed by atoms with van der Waals surface area (Å²) in [5, 5.41) is 0. The van der Waals surface area contributed by atoms with Crippen molar-refractivity contribution in [2.75, 3.05) is 31.1 Å². The number of rotatable bonds is 6. The molecule has 1 fully saturated rings. The summed E-state index contributed by atoms with van der Waals surface area (Å²) in [5.74, 6) is 0.917. The first-order chi connectivity index (χ1) is 14.6. The zero-order valence-electron chi connectivity index (χ0n) is 17.1. The van der Waals surface area contributed by atoms with Crippen molar-refractivity contribution < 1.29 is 9.53 Å². The molecule has 0 bridgehead atoms. The molecule has 2 unspecified atom stereocenters. The maximum absolute atomic E-state index is 11.4. The molecule has 156 valence electrons. The highest BCUT2D eigenvalue weighted by Gasteiger charge is 2.26. The fourth-order valence-electron chi connectivity index (χ4n) is 4.01. The van der Waals surface area contributed by atoms with Gasteiger partial charge in [-0.1, -0.05) is 42.5 Å². The van der Waals surface area contributed by atoms with Crippen molar-refractivity contribution in [3.05, 3.63) is 66.4 Å². The van der Waals surface area contributed by atoms with Crippen LogP contribution in [-0.2, 0) is 4.74 Å². The standard InChI is InChI=1S/C23H27N5O2/c1-17(15-21(30-23(24)29)18-7-3-2-4-8-18)27-11-13-28(14-12-27)22-16-25-19-9-5-6-10-20(19)26-22/h2-10,16-17,21H,11-15H2,1H3,(H2,24,29). The number of amides is 1. The fraction of sp³-hybridized carbons (Fsp3) is 0.348. The van der Waals surface area contributed by atoms with E-state index in [0.29, 0.717) is 6.42 Å². The third-order valence-corrected chi connectivity index (χ3v) is 5.68. The van der Waals surface area contributed by atoms with Gasteiger partial charge in [-0.3, -0.25) is 9.88 Å². The molecule has 2 aromatic carbocycles. The number of aromatic nitrogens is 2. The number of benzene rings is 2. The van der Waals surface area contributed by atoms with E-state index in [4.69, 9.17) is 15.5 Å². The van der Waals surface area contributed by atoms with Gasteiger partial charge in [0.2, 0.25) is 0 Å². The SMILES string of the molecule is CC(CC(OC(N)=O)c1ccccc1)N1CCN(c2cnc3ccccc3n2)CC1. The van der Waals surface area contributed by atoms with E-state index >= 15 is 0 Å². The predicted octanol–water partition coefficient (Wildman–Crippen LogP) is 3.37. The number of anilines is 1. The van der Waals surface area contributed by atoms with Crippen LogP contribution in [0.15, 0.2) is 60.8 Å². The van der Waals surface area contributed by atoms with E-state index in [9.17, 15) is 4.79 Å². The Hall–Kier alpha value is -3.19. The van der Waals surface area contributed by atoms with E-state index in [0.717, 1.165) is 48.6 Å². The molecular formula is C23H27N5O2. The van der Waals surface area contributed by atoms with Crippen LogP contribution < -0.4 is 10.6 Å². The van der Waals surface area contributed by atoms with Crippen molar-refractivity contribution in [3.8, 4) is 0 Å². The molecule has 0 saturated carbocycles. The summed E-state index contributed by atoms with van der Waals surface area (Å²) in [7, 11) is 0. The minimum atomic E-state index is -0.740. The Kier molecular flexibility index (Phi) is 6.09. The first-order valence-corrected chi connectivity index (χ1v) is 10.3. The fourth-order valence-corrected chi connectivity index (χ4v) is 4.01. The molecular weight excluding hydrogens is 378 g/mol. The van der Waals surface area contributed by atoms with Gasteiger partial charge >= 0.3 is 6.09 Å². The number of nitrogens with two attached hydrogens (primary N) is 1. The van der Waals surface area contributed by atoms with Crippen LogP contribution in [0.2, 0.25) is 0 Å². The summed E-state index contributed by atoms with van der Waals surface area (Å²) in [5.41, 5.74) is 8.11. The molecule has 7 nitrogen and oxygen atoms in total. The monoisotopic (exact) mass is 405 g/mol. The molecule has 1 aromatic heterocycles. The lowest BCUT2D eigenvalue weighted by atomic mass is 10.0. The Balaban J connectivity index is 1.38. The summed E-state index contributed by atoms with van der Waals surface area (Å²) in [6.07, 6.45) is 1.47. The first-order valence-electron chi connectivity index (χ1n) is 10.3. The van der Waals surface area contributed by atoms with Crippen LogP contribution in [-0.4, -0.2) is 53.2 Å². The molecule has 2 atom stereocenters. The second-order valence-electron chi connectivity index (χ2n) is 7.66. The Morgan fingerprint density at radius 2 is 1.70 bits per heavy atom. The number of carbonyl (C=O) groups is 1. The lowest BCUT2D eigenvalue weighted by Crippen LogP contribution is -2.50. The number of ether oxygens (including phenoxy) is 1. The number of primary amides is 1. The molecule has 2 heterocycles. The minimum Gasteiger partial charge on any atom is -0.441 e. The number of carbonyl (C=O) groups excluding carboxylic acids is 1. The molecule has 3 aromatic rings. The van der Waals surface area contributed by atoms with Gasteiger partial charge in [-0.15, -0.1) is 0 Å². The molecule has 4 rings (SSSR count). The Bertz CT molecular complexity index is 989. The average Bonchev–Trinajstić information content (AvgIpc) is 2.78. The highest BCUT2D eigenvalue weighted by molar-refractivity contribution is 5.75. The summed E-state index contributed by atoms with van der Waals surface area (Å²) < 4.78 is 5.41. The molecule has 2 N–H and O–H groups in total. The second-order valence-corrected chi connectivity index (χ2v) is 7.66. The van der Waals surface area contributed by atoms with E-state index in [1.54, 1.807) is 0 Å². The number of hydrogen-bond acceptors (Lipinski definition) is 6. The van der Waals surface area contributed by atoms with Gasteiger partial charge in [0.15, 0.2) is 0 Å². The first kappa shape index (κ1) is 20.1. The maximum atomic E-state index is 11.4. The highest BCUT2D eigenvalue weighted by Crippen LogP contribution is 2.26. The van der Waals surface area contributed by atoms with Crippen LogP contribution in [0.3, 0.4) is 0 Å². The van der Waals surface area contributed by atoms with E-state index < -0.39 is 6.09 Å². The molecule has 0 aliphatic carbocycles. The van der Waals surface area contributed by atoms with Crippen molar-refractivity contribution in [2.24, 2.45) is 5.73 Å². The second kappa shape index (κ2) is 9.09. The molecule has 1 aliphatic heterocycles. The van der Waals surface area contributed by atoms with Gasteiger partial charge in [0, 0.05) is 38.6 Å². The van der Waals surface area contributed by atoms with Crippen LogP contribution in [0.1, 0.15) is 25.0 Å². The van der Waals surface area contributed by atoms with Crippen LogP contribution in [0.4, 0.5) is 10.6 Å². The molecule has 0 radical (unpaired) electrons. The summed E-state index contributed by atoms with van der Waals surface area (Å²) in [6, 6.07) is 18.0. The number of piperazine rings is 1.